The molecule has 1 aliphatic heterocycles. The van der Waals surface area contributed by atoms with Crippen LogP contribution in [0.4, 0.5) is 24.8 Å². The number of hydrogen-bond donors (Lipinski definition) is 2. The summed E-state index contributed by atoms with van der Waals surface area (Å²) >= 11 is 0. The lowest BCUT2D eigenvalue weighted by Crippen LogP contribution is -2.49. The Labute approximate surface area is 165 Å². The number of hydrogen-bond acceptors (Lipinski definition) is 4. The summed E-state index contributed by atoms with van der Waals surface area (Å²) < 4.78 is 40.4. The molecule has 0 aromatic carbocycles. The number of pyridine rings is 2. The fourth-order valence-electron chi connectivity index (χ4n) is 3.66. The van der Waals surface area contributed by atoms with E-state index in [1.54, 1.807) is 18.2 Å². The van der Waals surface area contributed by atoms with E-state index in [1.165, 1.54) is 17.2 Å². The standard InChI is InChI=1S/C20H21F3N4O2/c21-20(22,23)15-3-1-2-8-27(15)17-10-14(11-18(28)26-17)13-6-7-24-16(9-13)25-19(29)12-4-5-12/h6-7,9-12,15H,1-5,8H2,(H,26,28)(H,24,25,29). The number of halogens is 3. The normalized spacial score (nSPS) is 19.8. The van der Waals surface area contributed by atoms with Gasteiger partial charge >= 0.3 is 6.18 Å². The zero-order chi connectivity index (χ0) is 20.6. The smallest absolute Gasteiger partial charge is 0.346 e. The molecule has 154 valence electrons. The lowest BCUT2D eigenvalue weighted by Gasteiger charge is -2.38. The van der Waals surface area contributed by atoms with Crippen LogP contribution in [0.2, 0.25) is 0 Å². The molecule has 0 radical (unpaired) electrons. The molecule has 29 heavy (non-hydrogen) atoms. The fourth-order valence-corrected chi connectivity index (χ4v) is 3.66. The van der Waals surface area contributed by atoms with Crippen molar-refractivity contribution in [2.45, 2.75) is 44.3 Å². The molecule has 6 nitrogen and oxygen atoms in total. The molecule has 0 spiro atoms. The van der Waals surface area contributed by atoms with Crippen molar-refractivity contribution in [3.8, 4) is 11.1 Å². The van der Waals surface area contributed by atoms with Crippen molar-refractivity contribution in [2.24, 2.45) is 5.92 Å². The van der Waals surface area contributed by atoms with Gasteiger partial charge in [-0.15, -0.1) is 0 Å². The minimum absolute atomic E-state index is 0.00234. The number of carbonyl (C=O) groups excluding carboxylic acids is 1. The Morgan fingerprint density at radius 1 is 1.14 bits per heavy atom. The van der Waals surface area contributed by atoms with Crippen LogP contribution in [-0.2, 0) is 4.79 Å². The van der Waals surface area contributed by atoms with E-state index in [0.717, 1.165) is 12.8 Å². The Hall–Kier alpha value is -2.84. The predicted octanol–water partition coefficient (Wildman–Crippen LogP) is 3.71. The number of aromatic nitrogens is 2. The Kier molecular flexibility index (Phi) is 5.06. The highest BCUT2D eigenvalue weighted by molar-refractivity contribution is 5.93. The number of nitrogens with one attached hydrogen (secondary N) is 2. The molecule has 1 unspecified atom stereocenters. The van der Waals surface area contributed by atoms with E-state index in [-0.39, 0.29) is 30.6 Å². The van der Waals surface area contributed by atoms with E-state index in [1.807, 2.05) is 0 Å². The molecule has 2 aromatic rings. The van der Waals surface area contributed by atoms with Crippen molar-refractivity contribution in [3.05, 3.63) is 40.8 Å². The molecule has 1 saturated carbocycles. The average molecular weight is 406 g/mol. The maximum atomic E-state index is 13.5. The number of aromatic amines is 1. The Balaban J connectivity index is 1.65. The zero-order valence-electron chi connectivity index (χ0n) is 15.6. The van der Waals surface area contributed by atoms with Crippen LogP contribution in [0.15, 0.2) is 35.3 Å². The van der Waals surface area contributed by atoms with Crippen LogP contribution in [-0.4, -0.2) is 34.6 Å². The van der Waals surface area contributed by atoms with Gasteiger partial charge in [-0.05, 0) is 61.4 Å². The highest BCUT2D eigenvalue weighted by Crippen LogP contribution is 2.35. The molecule has 1 atom stereocenters. The van der Waals surface area contributed by atoms with Crippen LogP contribution in [0.3, 0.4) is 0 Å². The summed E-state index contributed by atoms with van der Waals surface area (Å²) in [5, 5.41) is 2.74. The molecular weight excluding hydrogens is 385 g/mol. The second-order valence-corrected chi connectivity index (χ2v) is 7.56. The van der Waals surface area contributed by atoms with Crippen LogP contribution < -0.4 is 15.8 Å². The van der Waals surface area contributed by atoms with Crippen molar-refractivity contribution in [1.29, 1.82) is 0 Å². The van der Waals surface area contributed by atoms with Gasteiger partial charge in [0.25, 0.3) is 0 Å². The number of alkyl halides is 3. The minimum Gasteiger partial charge on any atom is -0.346 e. The van der Waals surface area contributed by atoms with E-state index < -0.39 is 17.8 Å². The van der Waals surface area contributed by atoms with Gasteiger partial charge in [-0.25, -0.2) is 4.98 Å². The first-order valence-electron chi connectivity index (χ1n) is 9.66. The molecule has 1 saturated heterocycles. The van der Waals surface area contributed by atoms with E-state index in [9.17, 15) is 22.8 Å². The molecule has 2 aliphatic rings. The van der Waals surface area contributed by atoms with Crippen molar-refractivity contribution in [1.82, 2.24) is 9.97 Å². The van der Waals surface area contributed by atoms with Gasteiger partial charge in [-0.2, -0.15) is 13.2 Å². The second-order valence-electron chi connectivity index (χ2n) is 7.56. The Morgan fingerprint density at radius 2 is 1.93 bits per heavy atom. The topological polar surface area (TPSA) is 78.1 Å². The first-order valence-corrected chi connectivity index (χ1v) is 9.66. The number of rotatable bonds is 4. The summed E-state index contributed by atoms with van der Waals surface area (Å²) in [7, 11) is 0. The molecule has 0 bridgehead atoms. The molecule has 2 fully saturated rings. The van der Waals surface area contributed by atoms with Gasteiger partial charge in [-0.1, -0.05) is 0 Å². The molecule has 1 amide bonds. The number of carbonyl (C=O) groups is 1. The quantitative estimate of drug-likeness (QED) is 0.812. The third kappa shape index (κ3) is 4.44. The summed E-state index contributed by atoms with van der Waals surface area (Å²) in [6.45, 7) is 0.225. The molecule has 3 heterocycles. The SMILES string of the molecule is O=C(Nc1cc(-c2cc(N3CCCCC3C(F)(F)F)[nH]c(=O)c2)ccn1)C1CC1. The van der Waals surface area contributed by atoms with Gasteiger partial charge in [0.05, 0.1) is 0 Å². The monoisotopic (exact) mass is 406 g/mol. The third-order valence-electron chi connectivity index (χ3n) is 5.31. The van der Waals surface area contributed by atoms with Crippen molar-refractivity contribution in [2.75, 3.05) is 16.8 Å². The molecular formula is C20H21F3N4O2. The Morgan fingerprint density at radius 3 is 2.66 bits per heavy atom. The van der Waals surface area contributed by atoms with Gasteiger partial charge in [0.15, 0.2) is 0 Å². The molecule has 2 aromatic heterocycles. The highest BCUT2D eigenvalue weighted by atomic mass is 19.4. The third-order valence-corrected chi connectivity index (χ3v) is 5.31. The van der Waals surface area contributed by atoms with Gasteiger partial charge in [0.1, 0.15) is 17.7 Å². The van der Waals surface area contributed by atoms with Gasteiger partial charge in [-0.3, -0.25) is 9.59 Å². The summed E-state index contributed by atoms with van der Waals surface area (Å²) in [4.78, 5) is 32.0. The number of piperidine rings is 1. The first-order chi connectivity index (χ1) is 13.8. The molecule has 9 heteroatoms. The maximum Gasteiger partial charge on any atom is 0.408 e. The van der Waals surface area contributed by atoms with E-state index in [2.05, 4.69) is 15.3 Å². The molecule has 1 aliphatic carbocycles. The Bertz CT molecular complexity index is 969. The average Bonchev–Trinajstić information content (AvgIpc) is 3.52. The lowest BCUT2D eigenvalue weighted by atomic mass is 10.0. The molecule has 2 N–H and O–H groups in total. The van der Waals surface area contributed by atoms with Crippen LogP contribution in [0, 0.1) is 5.92 Å². The van der Waals surface area contributed by atoms with Crippen LogP contribution in [0.5, 0.6) is 0 Å². The van der Waals surface area contributed by atoms with E-state index in [0.29, 0.717) is 29.8 Å². The first kappa shape index (κ1) is 19.5. The summed E-state index contributed by atoms with van der Waals surface area (Å²) in [6.07, 6.45) is -0.0204. The van der Waals surface area contributed by atoms with E-state index in [4.69, 9.17) is 0 Å². The summed E-state index contributed by atoms with van der Waals surface area (Å²) in [5.74, 6) is 0.426. The van der Waals surface area contributed by atoms with E-state index >= 15 is 0 Å². The van der Waals surface area contributed by atoms with Gasteiger partial charge < -0.3 is 15.2 Å². The number of H-pyrrole nitrogens is 1. The highest BCUT2D eigenvalue weighted by Gasteiger charge is 2.45. The maximum absolute atomic E-state index is 13.5. The lowest BCUT2D eigenvalue weighted by molar-refractivity contribution is -0.152. The van der Waals surface area contributed by atoms with Crippen LogP contribution in [0.25, 0.3) is 11.1 Å². The summed E-state index contributed by atoms with van der Waals surface area (Å²) in [5.41, 5.74) is 0.586. The fraction of sp³-hybridized carbons (Fsp3) is 0.450. The summed E-state index contributed by atoms with van der Waals surface area (Å²) in [6, 6.07) is 4.54. The van der Waals surface area contributed by atoms with Crippen LogP contribution >= 0.6 is 0 Å². The second kappa shape index (κ2) is 7.53. The number of nitrogens with zero attached hydrogens (tertiary/aromatic N) is 2. The molecule has 4 rings (SSSR count). The van der Waals surface area contributed by atoms with Gasteiger partial charge in [0.2, 0.25) is 11.5 Å². The predicted molar refractivity (Wildman–Crippen MR) is 103 cm³/mol. The van der Waals surface area contributed by atoms with Crippen molar-refractivity contribution in [3.63, 3.8) is 0 Å². The number of amides is 1. The van der Waals surface area contributed by atoms with Crippen LogP contribution in [0.1, 0.15) is 32.1 Å². The zero-order valence-corrected chi connectivity index (χ0v) is 15.6. The van der Waals surface area contributed by atoms with Crippen molar-refractivity contribution < 1.29 is 18.0 Å². The van der Waals surface area contributed by atoms with Gasteiger partial charge in [0, 0.05) is 24.7 Å². The minimum atomic E-state index is -4.37. The number of anilines is 2. The van der Waals surface area contributed by atoms with Crippen molar-refractivity contribution >= 4 is 17.5 Å². The largest absolute Gasteiger partial charge is 0.408 e.